The highest BCUT2D eigenvalue weighted by molar-refractivity contribution is 5.91. The molecule has 13 heteroatoms. The summed E-state index contributed by atoms with van der Waals surface area (Å²) in [7, 11) is 1.85. The molecule has 0 atom stereocenters. The molecule has 6 rings (SSSR count). The van der Waals surface area contributed by atoms with Crippen LogP contribution >= 0.6 is 0 Å². The smallest absolute Gasteiger partial charge is 0.323 e. The number of carbonyl (C=O) groups is 1. The Labute approximate surface area is 248 Å². The number of benzene rings is 1. The summed E-state index contributed by atoms with van der Waals surface area (Å²) in [6.07, 6.45) is 9.80. The molecule has 0 radical (unpaired) electrons. The first-order valence-corrected chi connectivity index (χ1v) is 14.0. The van der Waals surface area contributed by atoms with E-state index in [9.17, 15) is 10.1 Å². The van der Waals surface area contributed by atoms with Gasteiger partial charge in [0, 0.05) is 43.6 Å². The number of anilines is 2. The van der Waals surface area contributed by atoms with Gasteiger partial charge in [0.05, 0.1) is 29.3 Å². The van der Waals surface area contributed by atoms with Crippen LogP contribution in [-0.2, 0) is 13.6 Å². The number of hydrogen-bond donors (Lipinski definition) is 3. The first-order valence-electron chi connectivity index (χ1n) is 14.0. The predicted octanol–water partition coefficient (Wildman–Crippen LogP) is 4.07. The number of aromatic nitrogens is 8. The molecule has 3 N–H and O–H groups in total. The molecule has 5 aromatic rings. The Bertz CT molecular complexity index is 1700. The predicted molar refractivity (Wildman–Crippen MR) is 159 cm³/mol. The summed E-state index contributed by atoms with van der Waals surface area (Å²) >= 11 is 0. The SMILES string of the molecule is Cn1cc(-c2ccc(N(C(=O)NCc3ccccc3)C3CCC(Nc4ncc(C#N)c(-c5ccn[nH]5)n4)CC3)nn2)cn1. The van der Waals surface area contributed by atoms with E-state index in [2.05, 4.69) is 52.2 Å². The lowest BCUT2D eigenvalue weighted by Crippen LogP contribution is -2.49. The van der Waals surface area contributed by atoms with Crippen LogP contribution in [0.5, 0.6) is 0 Å². The number of carbonyl (C=O) groups excluding carboxylic acids is 1. The first-order chi connectivity index (χ1) is 21.1. The van der Waals surface area contributed by atoms with Gasteiger partial charge < -0.3 is 10.6 Å². The van der Waals surface area contributed by atoms with E-state index in [-0.39, 0.29) is 18.1 Å². The third kappa shape index (κ3) is 6.33. The molecular formula is C30H30N12O. The van der Waals surface area contributed by atoms with Crippen LogP contribution in [-0.4, -0.2) is 58.3 Å². The van der Waals surface area contributed by atoms with Crippen LogP contribution in [0.25, 0.3) is 22.6 Å². The van der Waals surface area contributed by atoms with Crippen molar-refractivity contribution in [2.75, 3.05) is 10.2 Å². The van der Waals surface area contributed by atoms with E-state index in [0.717, 1.165) is 36.8 Å². The largest absolute Gasteiger partial charge is 0.351 e. The summed E-state index contributed by atoms with van der Waals surface area (Å²) in [5.74, 6) is 0.940. The average Bonchev–Trinajstić information content (AvgIpc) is 3.74. The Morgan fingerprint density at radius 1 is 1.09 bits per heavy atom. The minimum Gasteiger partial charge on any atom is -0.351 e. The number of nitriles is 1. The molecule has 0 unspecified atom stereocenters. The minimum absolute atomic E-state index is 0.0743. The molecule has 4 heterocycles. The van der Waals surface area contributed by atoms with E-state index >= 15 is 0 Å². The van der Waals surface area contributed by atoms with Gasteiger partial charge in [0.15, 0.2) is 5.82 Å². The Kier molecular flexibility index (Phi) is 7.99. The fraction of sp³-hybridized carbons (Fsp3) is 0.267. The average molecular weight is 575 g/mol. The second-order valence-corrected chi connectivity index (χ2v) is 10.4. The molecule has 1 saturated carbocycles. The van der Waals surface area contributed by atoms with Crippen molar-refractivity contribution in [3.63, 3.8) is 0 Å². The highest BCUT2D eigenvalue weighted by Crippen LogP contribution is 2.29. The number of H-pyrrole nitrogens is 1. The fourth-order valence-electron chi connectivity index (χ4n) is 5.26. The molecule has 216 valence electrons. The molecule has 0 bridgehead atoms. The lowest BCUT2D eigenvalue weighted by Gasteiger charge is -2.36. The van der Waals surface area contributed by atoms with Gasteiger partial charge in [0.2, 0.25) is 5.95 Å². The third-order valence-corrected chi connectivity index (χ3v) is 7.46. The van der Waals surface area contributed by atoms with Crippen LogP contribution < -0.4 is 15.5 Å². The van der Waals surface area contributed by atoms with Crippen molar-refractivity contribution < 1.29 is 4.79 Å². The van der Waals surface area contributed by atoms with Crippen molar-refractivity contribution >= 4 is 17.8 Å². The first kappa shape index (κ1) is 27.5. The second-order valence-electron chi connectivity index (χ2n) is 10.4. The summed E-state index contributed by atoms with van der Waals surface area (Å²) in [4.78, 5) is 24.3. The monoisotopic (exact) mass is 574 g/mol. The lowest BCUT2D eigenvalue weighted by molar-refractivity contribution is 0.240. The van der Waals surface area contributed by atoms with E-state index in [1.165, 1.54) is 6.20 Å². The van der Waals surface area contributed by atoms with E-state index in [1.807, 2.05) is 55.7 Å². The van der Waals surface area contributed by atoms with Crippen LogP contribution in [0.15, 0.2) is 73.3 Å². The number of rotatable bonds is 8. The molecule has 0 saturated heterocycles. The van der Waals surface area contributed by atoms with Crippen molar-refractivity contribution in [2.45, 2.75) is 44.3 Å². The van der Waals surface area contributed by atoms with Gasteiger partial charge in [0.1, 0.15) is 11.8 Å². The molecule has 4 aromatic heterocycles. The molecule has 2 amide bonds. The fourth-order valence-corrected chi connectivity index (χ4v) is 5.26. The normalized spacial score (nSPS) is 16.3. The van der Waals surface area contributed by atoms with Crippen LogP contribution in [0.4, 0.5) is 16.6 Å². The maximum absolute atomic E-state index is 13.6. The van der Waals surface area contributed by atoms with E-state index in [4.69, 9.17) is 0 Å². The maximum atomic E-state index is 13.6. The number of urea groups is 1. The Morgan fingerprint density at radius 2 is 1.93 bits per heavy atom. The molecule has 43 heavy (non-hydrogen) atoms. The van der Waals surface area contributed by atoms with Crippen molar-refractivity contribution in [1.82, 2.24) is 45.5 Å². The van der Waals surface area contributed by atoms with Crippen molar-refractivity contribution in [3.8, 4) is 28.7 Å². The highest BCUT2D eigenvalue weighted by Gasteiger charge is 2.31. The number of nitrogens with one attached hydrogen (secondary N) is 3. The quantitative estimate of drug-likeness (QED) is 0.248. The minimum atomic E-state index is -0.219. The van der Waals surface area contributed by atoms with Crippen LogP contribution in [0, 0.1) is 11.3 Å². The topological polar surface area (TPSA) is 166 Å². The summed E-state index contributed by atoms with van der Waals surface area (Å²) < 4.78 is 1.71. The maximum Gasteiger partial charge on any atom is 0.323 e. The van der Waals surface area contributed by atoms with Crippen LogP contribution in [0.1, 0.15) is 36.8 Å². The molecule has 1 aromatic carbocycles. The van der Waals surface area contributed by atoms with Gasteiger partial charge in [-0.25, -0.2) is 14.8 Å². The zero-order chi connectivity index (χ0) is 29.6. The van der Waals surface area contributed by atoms with Gasteiger partial charge >= 0.3 is 6.03 Å². The summed E-state index contributed by atoms with van der Waals surface area (Å²) in [6.45, 7) is 0.406. The van der Waals surface area contributed by atoms with Gasteiger partial charge in [-0.15, -0.1) is 10.2 Å². The Balaban J connectivity index is 1.16. The van der Waals surface area contributed by atoms with Gasteiger partial charge in [0.25, 0.3) is 0 Å². The number of amides is 2. The van der Waals surface area contributed by atoms with E-state index in [1.54, 1.807) is 28.0 Å². The van der Waals surface area contributed by atoms with Crippen molar-refractivity contribution in [1.29, 1.82) is 5.26 Å². The third-order valence-electron chi connectivity index (χ3n) is 7.46. The molecule has 0 aliphatic heterocycles. The van der Waals surface area contributed by atoms with E-state index in [0.29, 0.717) is 41.0 Å². The second kappa shape index (κ2) is 12.5. The number of nitrogens with zero attached hydrogens (tertiary/aromatic N) is 9. The van der Waals surface area contributed by atoms with Crippen LogP contribution in [0.3, 0.4) is 0 Å². The zero-order valence-corrected chi connectivity index (χ0v) is 23.6. The number of aromatic amines is 1. The molecule has 1 aliphatic carbocycles. The molecule has 0 spiro atoms. The summed E-state index contributed by atoms with van der Waals surface area (Å²) in [6, 6.07) is 17.2. The Morgan fingerprint density at radius 3 is 2.60 bits per heavy atom. The molecule has 13 nitrogen and oxygen atoms in total. The summed E-state index contributed by atoms with van der Waals surface area (Å²) in [5, 5.41) is 35.9. The number of hydrogen-bond acceptors (Lipinski definition) is 9. The zero-order valence-electron chi connectivity index (χ0n) is 23.6. The molecule has 1 aliphatic rings. The Hall–Kier alpha value is -5.64. The molecular weight excluding hydrogens is 544 g/mol. The van der Waals surface area contributed by atoms with Gasteiger partial charge in [-0.1, -0.05) is 30.3 Å². The number of aryl methyl sites for hydroxylation is 1. The van der Waals surface area contributed by atoms with E-state index < -0.39 is 0 Å². The van der Waals surface area contributed by atoms with Gasteiger partial charge in [-0.2, -0.15) is 15.5 Å². The van der Waals surface area contributed by atoms with Crippen molar-refractivity contribution in [3.05, 3.63) is 84.4 Å². The van der Waals surface area contributed by atoms with Crippen LogP contribution in [0.2, 0.25) is 0 Å². The molecule has 1 fully saturated rings. The summed E-state index contributed by atoms with van der Waals surface area (Å²) in [5.41, 5.74) is 4.07. The lowest BCUT2D eigenvalue weighted by atomic mass is 9.90. The van der Waals surface area contributed by atoms with Crippen molar-refractivity contribution in [2.24, 2.45) is 7.05 Å². The highest BCUT2D eigenvalue weighted by atomic mass is 16.2. The standard InChI is InChI=1S/C30H30N12O/c1-41-19-22(18-35-41)25-11-12-27(40-39-25)42(30(43)33-16-20-5-3-2-4-6-20)24-9-7-23(8-10-24)36-29-32-17-21(15-31)28(37-29)26-13-14-34-38-26/h2-6,11-14,17-19,23-24H,7-10,16H2,1H3,(H,33,43)(H,34,38)(H,32,36,37). The van der Waals surface area contributed by atoms with Gasteiger partial charge in [-0.05, 0) is 49.4 Å². The van der Waals surface area contributed by atoms with Gasteiger partial charge in [-0.3, -0.25) is 14.7 Å².